The molecule has 0 bridgehead atoms. The summed E-state index contributed by atoms with van der Waals surface area (Å²) in [6.07, 6.45) is 7.35. The molecule has 0 aliphatic heterocycles. The SMILES string of the molecule is N/C=C\C(=C/N)NC(=O)c1nc2cc(-c3nccc(Nc4ccc5[nH]ncc5c4)n3)ccc2o1. The van der Waals surface area contributed by atoms with E-state index in [9.17, 15) is 4.79 Å². The lowest BCUT2D eigenvalue weighted by Gasteiger charge is -2.07. The first-order chi connectivity index (χ1) is 16.6. The molecule has 0 aliphatic rings. The summed E-state index contributed by atoms with van der Waals surface area (Å²) in [7, 11) is 0. The summed E-state index contributed by atoms with van der Waals surface area (Å²) >= 11 is 0. The van der Waals surface area contributed by atoms with Gasteiger partial charge in [-0.3, -0.25) is 9.89 Å². The largest absolute Gasteiger partial charge is 0.432 e. The topological polar surface area (TPSA) is 174 Å². The molecule has 168 valence electrons. The number of H-pyrrole nitrogens is 1. The van der Waals surface area contributed by atoms with Crippen molar-refractivity contribution in [3.05, 3.63) is 84.9 Å². The standard InChI is InChI=1S/C23H19N9O2/c24-7-5-16(11-25)29-22(33)23-30-18-10-13(1-4-19(18)34-23)21-26-8-6-20(31-21)28-15-2-3-17-14(9-15)12-27-32-17/h1-12H,24-25H2,(H,27,32)(H,29,33)(H,26,28,31)/b7-5-,16-11+. The van der Waals surface area contributed by atoms with Gasteiger partial charge in [-0.25, -0.2) is 15.0 Å². The van der Waals surface area contributed by atoms with Gasteiger partial charge >= 0.3 is 5.91 Å². The number of aromatic amines is 1. The number of hydrogen-bond donors (Lipinski definition) is 5. The number of anilines is 2. The molecule has 5 rings (SSSR count). The van der Waals surface area contributed by atoms with Crippen LogP contribution in [0.3, 0.4) is 0 Å². The van der Waals surface area contributed by atoms with E-state index in [2.05, 4.69) is 35.8 Å². The Hall–Kier alpha value is -5.19. The maximum atomic E-state index is 12.4. The summed E-state index contributed by atoms with van der Waals surface area (Å²) in [6.45, 7) is 0. The van der Waals surface area contributed by atoms with Crippen molar-refractivity contribution in [1.82, 2.24) is 30.5 Å². The Bertz CT molecular complexity index is 1570. The van der Waals surface area contributed by atoms with Crippen molar-refractivity contribution in [1.29, 1.82) is 0 Å². The van der Waals surface area contributed by atoms with Crippen molar-refractivity contribution in [3.63, 3.8) is 0 Å². The van der Waals surface area contributed by atoms with Gasteiger partial charge in [-0.15, -0.1) is 0 Å². The van der Waals surface area contributed by atoms with Crippen LogP contribution in [0.5, 0.6) is 0 Å². The van der Waals surface area contributed by atoms with E-state index >= 15 is 0 Å². The Morgan fingerprint density at radius 2 is 2.00 bits per heavy atom. The van der Waals surface area contributed by atoms with Crippen LogP contribution in [-0.2, 0) is 0 Å². The second kappa shape index (κ2) is 8.74. The highest BCUT2D eigenvalue weighted by Gasteiger charge is 2.16. The van der Waals surface area contributed by atoms with Gasteiger partial charge in [-0.1, -0.05) is 0 Å². The number of allylic oxidation sites excluding steroid dienone is 1. The zero-order valence-corrected chi connectivity index (χ0v) is 17.7. The van der Waals surface area contributed by atoms with Gasteiger partial charge in [0.05, 0.1) is 17.4 Å². The predicted octanol–water partition coefficient (Wildman–Crippen LogP) is 2.91. The van der Waals surface area contributed by atoms with Crippen LogP contribution in [0.2, 0.25) is 0 Å². The van der Waals surface area contributed by atoms with E-state index in [1.54, 1.807) is 36.7 Å². The van der Waals surface area contributed by atoms with Gasteiger partial charge in [-0.2, -0.15) is 5.10 Å². The number of amides is 1. The summed E-state index contributed by atoms with van der Waals surface area (Å²) in [5, 5.41) is 13.8. The highest BCUT2D eigenvalue weighted by molar-refractivity contribution is 5.94. The third-order valence-corrected chi connectivity index (χ3v) is 4.92. The molecule has 0 fully saturated rings. The number of carbonyl (C=O) groups excluding carboxylic acids is 1. The Morgan fingerprint density at radius 3 is 2.85 bits per heavy atom. The van der Waals surface area contributed by atoms with Crippen LogP contribution >= 0.6 is 0 Å². The molecule has 0 unspecified atom stereocenters. The van der Waals surface area contributed by atoms with Crippen LogP contribution in [0.25, 0.3) is 33.4 Å². The number of fused-ring (bicyclic) bond motifs is 2. The lowest BCUT2D eigenvalue weighted by Crippen LogP contribution is -2.23. The van der Waals surface area contributed by atoms with E-state index in [-0.39, 0.29) is 5.89 Å². The number of nitrogens with zero attached hydrogens (tertiary/aromatic N) is 4. The van der Waals surface area contributed by atoms with E-state index in [0.717, 1.165) is 22.2 Å². The van der Waals surface area contributed by atoms with Crippen LogP contribution in [0, 0.1) is 0 Å². The van der Waals surface area contributed by atoms with Gasteiger partial charge < -0.3 is 26.5 Å². The molecule has 0 atom stereocenters. The summed E-state index contributed by atoms with van der Waals surface area (Å²) < 4.78 is 5.57. The van der Waals surface area contributed by atoms with E-state index in [1.807, 2.05) is 18.2 Å². The van der Waals surface area contributed by atoms with Gasteiger partial charge in [0.25, 0.3) is 5.89 Å². The van der Waals surface area contributed by atoms with Crippen molar-refractivity contribution in [2.24, 2.45) is 11.5 Å². The van der Waals surface area contributed by atoms with Crippen molar-refractivity contribution in [2.45, 2.75) is 0 Å². The van der Waals surface area contributed by atoms with Crippen LogP contribution in [0.4, 0.5) is 11.5 Å². The molecule has 7 N–H and O–H groups in total. The third-order valence-electron chi connectivity index (χ3n) is 4.92. The first-order valence-electron chi connectivity index (χ1n) is 10.2. The normalized spacial score (nSPS) is 11.9. The minimum Gasteiger partial charge on any atom is -0.432 e. The lowest BCUT2D eigenvalue weighted by molar-refractivity contribution is 0.0935. The number of nitrogens with two attached hydrogens (primary N) is 2. The first-order valence-corrected chi connectivity index (χ1v) is 10.2. The molecule has 0 spiro atoms. The maximum absolute atomic E-state index is 12.4. The average Bonchev–Trinajstić information content (AvgIpc) is 3.50. The van der Waals surface area contributed by atoms with Gasteiger partial charge in [0, 0.05) is 29.0 Å². The summed E-state index contributed by atoms with van der Waals surface area (Å²) in [6, 6.07) is 12.9. The fraction of sp³-hybridized carbons (Fsp3) is 0. The minimum atomic E-state index is -0.551. The van der Waals surface area contributed by atoms with Crippen molar-refractivity contribution < 1.29 is 9.21 Å². The minimum absolute atomic E-state index is 0.108. The highest BCUT2D eigenvalue weighted by Crippen LogP contribution is 2.25. The molecule has 0 radical (unpaired) electrons. The van der Waals surface area contributed by atoms with E-state index < -0.39 is 5.91 Å². The smallest absolute Gasteiger partial charge is 0.311 e. The monoisotopic (exact) mass is 453 g/mol. The number of aromatic nitrogens is 5. The second-order valence-electron chi connectivity index (χ2n) is 7.20. The van der Waals surface area contributed by atoms with Crippen molar-refractivity contribution >= 4 is 39.4 Å². The van der Waals surface area contributed by atoms with Crippen LogP contribution in [0.15, 0.2) is 83.4 Å². The molecule has 0 aliphatic carbocycles. The molecular weight excluding hydrogens is 434 g/mol. The van der Waals surface area contributed by atoms with E-state index in [4.69, 9.17) is 15.9 Å². The van der Waals surface area contributed by atoms with Crippen LogP contribution in [-0.4, -0.2) is 31.1 Å². The van der Waals surface area contributed by atoms with Crippen LogP contribution in [0.1, 0.15) is 10.7 Å². The van der Waals surface area contributed by atoms with Crippen molar-refractivity contribution in [3.8, 4) is 11.4 Å². The van der Waals surface area contributed by atoms with Gasteiger partial charge in [0.15, 0.2) is 11.4 Å². The Kier molecular flexibility index (Phi) is 5.32. The first kappa shape index (κ1) is 20.7. The number of hydrogen-bond acceptors (Lipinski definition) is 9. The Balaban J connectivity index is 1.39. The Labute approximate surface area is 192 Å². The summed E-state index contributed by atoms with van der Waals surface area (Å²) in [5.41, 5.74) is 14.6. The molecule has 5 aromatic rings. The number of carbonyl (C=O) groups is 1. The zero-order valence-electron chi connectivity index (χ0n) is 17.7. The molecule has 2 aromatic carbocycles. The number of nitrogens with one attached hydrogen (secondary N) is 3. The fourth-order valence-corrected chi connectivity index (χ4v) is 3.33. The lowest BCUT2D eigenvalue weighted by atomic mass is 10.2. The summed E-state index contributed by atoms with van der Waals surface area (Å²) in [5.74, 6) is 0.460. The molecule has 3 aromatic heterocycles. The summed E-state index contributed by atoms with van der Waals surface area (Å²) in [4.78, 5) is 25.7. The number of benzene rings is 2. The van der Waals surface area contributed by atoms with Crippen LogP contribution < -0.4 is 22.1 Å². The van der Waals surface area contributed by atoms with Gasteiger partial charge in [0.2, 0.25) is 0 Å². The second-order valence-corrected chi connectivity index (χ2v) is 7.20. The molecule has 34 heavy (non-hydrogen) atoms. The predicted molar refractivity (Wildman–Crippen MR) is 127 cm³/mol. The maximum Gasteiger partial charge on any atom is 0.311 e. The zero-order chi connectivity index (χ0) is 23.5. The van der Waals surface area contributed by atoms with Gasteiger partial charge in [-0.05, 0) is 54.7 Å². The fourth-order valence-electron chi connectivity index (χ4n) is 3.33. The molecule has 11 nitrogen and oxygen atoms in total. The van der Waals surface area contributed by atoms with Gasteiger partial charge in [0.1, 0.15) is 11.3 Å². The van der Waals surface area contributed by atoms with E-state index in [0.29, 0.717) is 28.4 Å². The third kappa shape index (κ3) is 4.12. The highest BCUT2D eigenvalue weighted by atomic mass is 16.4. The quantitative estimate of drug-likeness (QED) is 0.242. The number of rotatable bonds is 6. The molecule has 0 saturated carbocycles. The average molecular weight is 453 g/mol. The molecule has 11 heteroatoms. The molecular formula is C23H19N9O2. The number of oxazole rings is 1. The molecule has 1 amide bonds. The van der Waals surface area contributed by atoms with E-state index in [1.165, 1.54) is 18.5 Å². The molecule has 0 saturated heterocycles. The van der Waals surface area contributed by atoms with Crippen molar-refractivity contribution in [2.75, 3.05) is 5.32 Å². The molecule has 3 heterocycles. The Morgan fingerprint density at radius 1 is 1.09 bits per heavy atom.